The Labute approximate surface area is 68.1 Å². The molecule has 0 aliphatic heterocycles. The fourth-order valence-electron chi connectivity index (χ4n) is 0.673. The lowest BCUT2D eigenvalue weighted by Crippen LogP contribution is -2.13. The summed E-state index contributed by atoms with van der Waals surface area (Å²) in [6.07, 6.45) is 1.83. The SMILES string of the molecule is CN(C)CCCCO[P+](=O)O. The Morgan fingerprint density at radius 3 is 2.55 bits per heavy atom. The average molecular weight is 180 g/mol. The zero-order valence-corrected chi connectivity index (χ0v) is 7.88. The average Bonchev–Trinajstić information content (AvgIpc) is 1.85. The fourth-order valence-corrected chi connectivity index (χ4v) is 0.958. The van der Waals surface area contributed by atoms with Gasteiger partial charge in [0.15, 0.2) is 0 Å². The van der Waals surface area contributed by atoms with E-state index in [4.69, 9.17) is 4.89 Å². The van der Waals surface area contributed by atoms with Crippen LogP contribution in [0.3, 0.4) is 0 Å². The van der Waals surface area contributed by atoms with Crippen molar-refractivity contribution in [3.05, 3.63) is 0 Å². The molecule has 11 heavy (non-hydrogen) atoms. The van der Waals surface area contributed by atoms with E-state index < -0.39 is 8.25 Å². The molecule has 0 saturated heterocycles. The summed E-state index contributed by atoms with van der Waals surface area (Å²) < 4.78 is 14.5. The monoisotopic (exact) mass is 180 g/mol. The van der Waals surface area contributed by atoms with Gasteiger partial charge in [-0.3, -0.25) is 0 Å². The van der Waals surface area contributed by atoms with Crippen LogP contribution in [0.15, 0.2) is 0 Å². The Morgan fingerprint density at radius 1 is 1.45 bits per heavy atom. The zero-order chi connectivity index (χ0) is 8.69. The molecule has 4 nitrogen and oxygen atoms in total. The van der Waals surface area contributed by atoms with Gasteiger partial charge in [0.25, 0.3) is 0 Å². The van der Waals surface area contributed by atoms with E-state index in [1.54, 1.807) is 0 Å². The van der Waals surface area contributed by atoms with E-state index >= 15 is 0 Å². The van der Waals surface area contributed by atoms with Crippen molar-refractivity contribution in [1.82, 2.24) is 4.90 Å². The molecule has 5 heteroatoms. The Balaban J connectivity index is 2.97. The number of hydrogen-bond acceptors (Lipinski definition) is 3. The van der Waals surface area contributed by atoms with Crippen LogP contribution in [-0.4, -0.2) is 37.0 Å². The molecule has 0 amide bonds. The summed E-state index contributed by atoms with van der Waals surface area (Å²) in [6, 6.07) is 0. The van der Waals surface area contributed by atoms with Crippen LogP contribution in [0.1, 0.15) is 12.8 Å². The first-order valence-electron chi connectivity index (χ1n) is 3.56. The van der Waals surface area contributed by atoms with Gasteiger partial charge in [-0.05, 0) is 33.5 Å². The molecule has 0 saturated carbocycles. The zero-order valence-electron chi connectivity index (χ0n) is 6.99. The highest BCUT2D eigenvalue weighted by atomic mass is 31.1. The van der Waals surface area contributed by atoms with E-state index in [2.05, 4.69) is 9.42 Å². The number of rotatable bonds is 6. The summed E-state index contributed by atoms with van der Waals surface area (Å²) in [6.45, 7) is 1.37. The third kappa shape index (κ3) is 9.98. The van der Waals surface area contributed by atoms with Gasteiger partial charge in [-0.25, -0.2) is 0 Å². The largest absolute Gasteiger partial charge is 0.694 e. The van der Waals surface area contributed by atoms with Gasteiger partial charge in [0, 0.05) is 4.57 Å². The lowest BCUT2D eigenvalue weighted by Gasteiger charge is -2.06. The fraction of sp³-hybridized carbons (Fsp3) is 1.00. The van der Waals surface area contributed by atoms with Crippen LogP contribution in [0.5, 0.6) is 0 Å². The Morgan fingerprint density at radius 2 is 2.09 bits per heavy atom. The lowest BCUT2D eigenvalue weighted by atomic mass is 10.3. The molecule has 0 aromatic heterocycles. The second-order valence-corrected chi connectivity index (χ2v) is 3.32. The number of nitrogens with zero attached hydrogens (tertiary/aromatic N) is 1. The first-order chi connectivity index (χ1) is 5.13. The van der Waals surface area contributed by atoms with Gasteiger partial charge >= 0.3 is 8.25 Å². The molecule has 1 unspecified atom stereocenters. The molecule has 0 radical (unpaired) electrons. The van der Waals surface area contributed by atoms with Gasteiger partial charge in [0.1, 0.15) is 6.61 Å². The molecule has 0 rings (SSSR count). The van der Waals surface area contributed by atoms with Crippen molar-refractivity contribution in [1.29, 1.82) is 0 Å². The summed E-state index contributed by atoms with van der Waals surface area (Å²) in [5.41, 5.74) is 0. The summed E-state index contributed by atoms with van der Waals surface area (Å²) in [5, 5.41) is 0. The van der Waals surface area contributed by atoms with Crippen molar-refractivity contribution in [3.63, 3.8) is 0 Å². The normalized spacial score (nSPS) is 12.2. The summed E-state index contributed by atoms with van der Waals surface area (Å²) in [4.78, 5) is 10.3. The summed E-state index contributed by atoms with van der Waals surface area (Å²) in [7, 11) is 1.59. The van der Waals surface area contributed by atoms with E-state index in [0.717, 1.165) is 19.4 Å². The van der Waals surface area contributed by atoms with E-state index in [-0.39, 0.29) is 0 Å². The van der Waals surface area contributed by atoms with Crippen molar-refractivity contribution in [2.24, 2.45) is 0 Å². The van der Waals surface area contributed by atoms with Crippen LogP contribution in [0.4, 0.5) is 0 Å². The van der Waals surface area contributed by atoms with Crippen LogP contribution < -0.4 is 0 Å². The van der Waals surface area contributed by atoms with Gasteiger partial charge in [-0.15, -0.1) is 9.42 Å². The maximum absolute atomic E-state index is 10.0. The molecule has 0 heterocycles. The smallest absolute Gasteiger partial charge is 0.309 e. The van der Waals surface area contributed by atoms with Crippen LogP contribution in [-0.2, 0) is 9.09 Å². The Kier molecular flexibility index (Phi) is 6.66. The van der Waals surface area contributed by atoms with Crippen molar-refractivity contribution >= 4 is 8.25 Å². The predicted molar refractivity (Wildman–Crippen MR) is 43.6 cm³/mol. The van der Waals surface area contributed by atoms with E-state index in [1.165, 1.54) is 0 Å². The minimum atomic E-state index is -2.40. The lowest BCUT2D eigenvalue weighted by molar-refractivity contribution is 0.267. The second-order valence-electron chi connectivity index (χ2n) is 2.58. The standard InChI is InChI=1S/C6H14NO3P/c1-7(2)5-3-4-6-10-11(8)9/h3-6H2,1-2H3/p+1. The highest BCUT2D eigenvalue weighted by molar-refractivity contribution is 7.32. The summed E-state index contributed by atoms with van der Waals surface area (Å²) in [5.74, 6) is 0. The highest BCUT2D eigenvalue weighted by Gasteiger charge is 2.09. The molecule has 1 N–H and O–H groups in total. The summed E-state index contributed by atoms with van der Waals surface area (Å²) >= 11 is 0. The van der Waals surface area contributed by atoms with Crippen molar-refractivity contribution in [3.8, 4) is 0 Å². The molecular formula is C6H15NO3P+. The Bertz CT molecular complexity index is 118. The van der Waals surface area contributed by atoms with Crippen LogP contribution in [0.2, 0.25) is 0 Å². The van der Waals surface area contributed by atoms with Crippen LogP contribution >= 0.6 is 8.25 Å². The maximum atomic E-state index is 10.0. The first kappa shape index (κ1) is 11.0. The predicted octanol–water partition coefficient (Wildman–Crippen LogP) is 0.994. The Hall–Kier alpha value is -0.0200. The van der Waals surface area contributed by atoms with Gasteiger partial charge in [-0.1, -0.05) is 0 Å². The first-order valence-corrected chi connectivity index (χ1v) is 4.69. The molecule has 66 valence electrons. The van der Waals surface area contributed by atoms with Crippen molar-refractivity contribution in [2.45, 2.75) is 12.8 Å². The van der Waals surface area contributed by atoms with Gasteiger partial charge < -0.3 is 4.90 Å². The third-order valence-electron chi connectivity index (χ3n) is 1.20. The molecule has 1 atom stereocenters. The molecular weight excluding hydrogens is 165 g/mol. The minimum Gasteiger partial charge on any atom is -0.309 e. The van der Waals surface area contributed by atoms with E-state index in [9.17, 15) is 4.57 Å². The van der Waals surface area contributed by atoms with Gasteiger partial charge in [-0.2, -0.15) is 0 Å². The highest BCUT2D eigenvalue weighted by Crippen LogP contribution is 2.14. The molecule has 0 aliphatic carbocycles. The molecule has 0 spiro atoms. The van der Waals surface area contributed by atoms with Gasteiger partial charge in [0.05, 0.1) is 0 Å². The van der Waals surface area contributed by atoms with Crippen molar-refractivity contribution in [2.75, 3.05) is 27.2 Å². The van der Waals surface area contributed by atoms with E-state index in [1.807, 2.05) is 14.1 Å². The molecule has 0 fully saturated rings. The molecule has 0 aromatic carbocycles. The quantitative estimate of drug-likeness (QED) is 0.489. The van der Waals surface area contributed by atoms with Gasteiger partial charge in [0.2, 0.25) is 0 Å². The van der Waals surface area contributed by atoms with E-state index in [0.29, 0.717) is 6.61 Å². The van der Waals surface area contributed by atoms with Crippen LogP contribution in [0, 0.1) is 0 Å². The molecule has 0 aromatic rings. The van der Waals surface area contributed by atoms with Crippen LogP contribution in [0.25, 0.3) is 0 Å². The van der Waals surface area contributed by atoms with Crippen molar-refractivity contribution < 1.29 is 14.0 Å². The second kappa shape index (κ2) is 6.68. The minimum absolute atomic E-state index is 0.375. The number of hydrogen-bond donors (Lipinski definition) is 1. The molecule has 0 aliphatic rings. The number of unbranched alkanes of at least 4 members (excludes halogenated alkanes) is 1. The maximum Gasteiger partial charge on any atom is 0.694 e. The topological polar surface area (TPSA) is 49.8 Å². The third-order valence-corrected chi connectivity index (χ3v) is 1.60. The molecule has 0 bridgehead atoms.